The Morgan fingerprint density at radius 1 is 1.30 bits per heavy atom. The number of thiazole rings is 1. The second-order valence-electron chi connectivity index (χ2n) is 7.00. The number of hydrogen-bond donors (Lipinski definition) is 2. The number of piperidine rings is 1. The fourth-order valence-electron chi connectivity index (χ4n) is 3.40. The number of carbonyl (C=O) groups excluding carboxylic acids is 1. The summed E-state index contributed by atoms with van der Waals surface area (Å²) in [5.41, 5.74) is 1.98. The maximum Gasteiger partial charge on any atom is 0.326 e. The van der Waals surface area contributed by atoms with Gasteiger partial charge in [0.05, 0.1) is 10.7 Å². The number of aromatic nitrogens is 1. The number of carboxylic acids is 1. The average molecular weight is 388 g/mol. The highest BCUT2D eigenvalue weighted by atomic mass is 32.1. The maximum atomic E-state index is 12.6. The van der Waals surface area contributed by atoms with Gasteiger partial charge >= 0.3 is 5.97 Å². The van der Waals surface area contributed by atoms with Crippen LogP contribution in [0.15, 0.2) is 35.7 Å². The van der Waals surface area contributed by atoms with Gasteiger partial charge in [0, 0.05) is 24.3 Å². The molecule has 1 saturated heterocycles. The summed E-state index contributed by atoms with van der Waals surface area (Å²) < 4.78 is 0. The van der Waals surface area contributed by atoms with Gasteiger partial charge in [-0.1, -0.05) is 30.3 Å². The number of nitrogens with one attached hydrogen (secondary N) is 1. The lowest BCUT2D eigenvalue weighted by atomic mass is 9.95. The molecule has 0 spiro atoms. The molecule has 2 heterocycles. The first kappa shape index (κ1) is 19.5. The molecule has 1 aliphatic rings. The van der Waals surface area contributed by atoms with Gasteiger partial charge in [0.2, 0.25) is 5.91 Å². The number of benzene rings is 1. The summed E-state index contributed by atoms with van der Waals surface area (Å²) in [6, 6.07) is 8.49. The fourth-order valence-corrected chi connectivity index (χ4v) is 4.01. The number of aryl methyl sites for hydroxylation is 1. The number of hydrogen-bond acceptors (Lipinski definition) is 5. The Balaban J connectivity index is 1.49. The van der Waals surface area contributed by atoms with Gasteiger partial charge in [-0.3, -0.25) is 9.69 Å². The van der Waals surface area contributed by atoms with Crippen molar-refractivity contribution in [2.45, 2.75) is 38.8 Å². The van der Waals surface area contributed by atoms with Gasteiger partial charge in [-0.2, -0.15) is 0 Å². The molecule has 2 aromatic rings. The van der Waals surface area contributed by atoms with E-state index in [1.807, 2.05) is 37.3 Å². The first-order valence-corrected chi connectivity index (χ1v) is 10.1. The van der Waals surface area contributed by atoms with Gasteiger partial charge in [0.15, 0.2) is 0 Å². The van der Waals surface area contributed by atoms with Crippen LogP contribution in [0.25, 0.3) is 0 Å². The van der Waals surface area contributed by atoms with Crippen LogP contribution in [0.5, 0.6) is 0 Å². The van der Waals surface area contributed by atoms with E-state index in [4.69, 9.17) is 0 Å². The molecule has 0 saturated carbocycles. The van der Waals surface area contributed by atoms with Crippen molar-refractivity contribution in [3.63, 3.8) is 0 Å². The van der Waals surface area contributed by atoms with Crippen molar-refractivity contribution in [3.8, 4) is 0 Å². The molecule has 6 nitrogen and oxygen atoms in total. The van der Waals surface area contributed by atoms with E-state index in [2.05, 4.69) is 20.6 Å². The molecule has 7 heteroatoms. The molecule has 2 N–H and O–H groups in total. The molecule has 27 heavy (non-hydrogen) atoms. The average Bonchev–Trinajstić information content (AvgIpc) is 3.07. The van der Waals surface area contributed by atoms with E-state index in [1.54, 1.807) is 11.3 Å². The van der Waals surface area contributed by atoms with Crippen LogP contribution >= 0.6 is 11.3 Å². The summed E-state index contributed by atoms with van der Waals surface area (Å²) in [5.74, 6) is -1.28. The zero-order valence-electron chi connectivity index (χ0n) is 15.4. The lowest BCUT2D eigenvalue weighted by Gasteiger charge is -2.31. The van der Waals surface area contributed by atoms with Gasteiger partial charge in [0.1, 0.15) is 6.04 Å². The summed E-state index contributed by atoms with van der Waals surface area (Å²) in [6.07, 6.45) is 1.78. The van der Waals surface area contributed by atoms with E-state index in [9.17, 15) is 14.7 Å². The Morgan fingerprint density at radius 3 is 2.59 bits per heavy atom. The summed E-state index contributed by atoms with van der Waals surface area (Å²) >= 11 is 1.65. The third-order valence-corrected chi connectivity index (χ3v) is 5.73. The van der Waals surface area contributed by atoms with Crippen LogP contribution in [0.4, 0.5) is 0 Å². The molecule has 0 unspecified atom stereocenters. The van der Waals surface area contributed by atoms with Crippen molar-refractivity contribution in [2.24, 2.45) is 5.92 Å². The predicted molar refractivity (Wildman–Crippen MR) is 105 cm³/mol. The largest absolute Gasteiger partial charge is 0.480 e. The molecule has 3 rings (SSSR count). The molecule has 1 atom stereocenters. The lowest BCUT2D eigenvalue weighted by molar-refractivity contribution is -0.142. The number of nitrogens with zero attached hydrogens (tertiary/aromatic N) is 2. The van der Waals surface area contributed by atoms with Crippen LogP contribution in [0.1, 0.15) is 29.1 Å². The Labute approximate surface area is 163 Å². The van der Waals surface area contributed by atoms with Crippen LogP contribution < -0.4 is 5.32 Å². The molecule has 144 valence electrons. The van der Waals surface area contributed by atoms with Crippen molar-refractivity contribution < 1.29 is 14.7 Å². The van der Waals surface area contributed by atoms with Crippen molar-refractivity contribution in [3.05, 3.63) is 52.0 Å². The van der Waals surface area contributed by atoms with Crippen LogP contribution in [0.3, 0.4) is 0 Å². The Bertz CT molecular complexity index is 770. The molecule has 1 aliphatic heterocycles. The predicted octanol–water partition coefficient (Wildman–Crippen LogP) is 2.48. The van der Waals surface area contributed by atoms with Crippen molar-refractivity contribution in [2.75, 3.05) is 13.1 Å². The molecule has 0 radical (unpaired) electrons. The van der Waals surface area contributed by atoms with Crippen molar-refractivity contribution in [1.82, 2.24) is 15.2 Å². The molecular formula is C20H25N3O3S. The highest BCUT2D eigenvalue weighted by Gasteiger charge is 2.28. The highest BCUT2D eigenvalue weighted by molar-refractivity contribution is 7.09. The Kier molecular flexibility index (Phi) is 6.58. The van der Waals surface area contributed by atoms with Gasteiger partial charge in [-0.15, -0.1) is 11.3 Å². The van der Waals surface area contributed by atoms with Crippen LogP contribution in [0, 0.1) is 12.8 Å². The summed E-state index contributed by atoms with van der Waals surface area (Å²) in [5, 5.41) is 15.3. The zero-order valence-corrected chi connectivity index (χ0v) is 16.2. The number of carbonyl (C=O) groups is 2. The van der Waals surface area contributed by atoms with E-state index in [0.717, 1.165) is 48.7 Å². The second-order valence-corrected chi connectivity index (χ2v) is 8.06. The number of amides is 1. The third kappa shape index (κ3) is 5.61. The number of likely N-dealkylation sites (tertiary alicyclic amines) is 1. The molecule has 0 aliphatic carbocycles. The van der Waals surface area contributed by atoms with Gasteiger partial charge in [-0.05, 0) is 38.4 Å². The first-order chi connectivity index (χ1) is 13.0. The van der Waals surface area contributed by atoms with Gasteiger partial charge in [0.25, 0.3) is 0 Å². The molecule has 1 amide bonds. The van der Waals surface area contributed by atoms with Gasteiger partial charge < -0.3 is 10.4 Å². The SMILES string of the molecule is Cc1nc(CN2CCC(C(=O)N[C@H](Cc3ccccc3)C(=O)O)CC2)cs1. The molecule has 1 fully saturated rings. The quantitative estimate of drug-likeness (QED) is 0.763. The van der Waals surface area contributed by atoms with E-state index < -0.39 is 12.0 Å². The van der Waals surface area contributed by atoms with E-state index in [1.165, 1.54) is 0 Å². The highest BCUT2D eigenvalue weighted by Crippen LogP contribution is 2.20. The van der Waals surface area contributed by atoms with Crippen LogP contribution in [0.2, 0.25) is 0 Å². The van der Waals surface area contributed by atoms with Crippen LogP contribution in [-0.2, 0) is 22.6 Å². The van der Waals surface area contributed by atoms with Crippen LogP contribution in [-0.4, -0.2) is 46.0 Å². The minimum absolute atomic E-state index is 0.129. The summed E-state index contributed by atoms with van der Waals surface area (Å²) in [7, 11) is 0. The number of aliphatic carboxylic acids is 1. The normalized spacial score (nSPS) is 16.8. The minimum Gasteiger partial charge on any atom is -0.480 e. The minimum atomic E-state index is -0.997. The molecule has 0 bridgehead atoms. The fraction of sp³-hybridized carbons (Fsp3) is 0.450. The molecule has 1 aromatic carbocycles. The third-order valence-electron chi connectivity index (χ3n) is 4.91. The maximum absolute atomic E-state index is 12.6. The van der Waals surface area contributed by atoms with Crippen molar-refractivity contribution in [1.29, 1.82) is 0 Å². The van der Waals surface area contributed by atoms with Crippen molar-refractivity contribution >= 4 is 23.2 Å². The number of rotatable bonds is 7. The topological polar surface area (TPSA) is 82.5 Å². The van der Waals surface area contributed by atoms with E-state index >= 15 is 0 Å². The number of carboxylic acid groups (broad SMARTS) is 1. The summed E-state index contributed by atoms with van der Waals surface area (Å²) in [4.78, 5) is 30.9. The first-order valence-electron chi connectivity index (χ1n) is 9.21. The van der Waals surface area contributed by atoms with E-state index in [-0.39, 0.29) is 11.8 Å². The Hall–Kier alpha value is -2.25. The molecular weight excluding hydrogens is 362 g/mol. The molecule has 1 aromatic heterocycles. The lowest BCUT2D eigenvalue weighted by Crippen LogP contribution is -2.47. The Morgan fingerprint density at radius 2 is 2.00 bits per heavy atom. The second kappa shape index (κ2) is 9.10. The van der Waals surface area contributed by atoms with Gasteiger partial charge in [-0.25, -0.2) is 9.78 Å². The standard InChI is InChI=1S/C20H25N3O3S/c1-14-21-17(13-27-14)12-23-9-7-16(8-10-23)19(24)22-18(20(25)26)11-15-5-3-2-4-6-15/h2-6,13,16,18H,7-12H2,1H3,(H,22,24)(H,25,26)/t18-/m1/s1. The zero-order chi connectivity index (χ0) is 19.2. The smallest absolute Gasteiger partial charge is 0.326 e. The van der Waals surface area contributed by atoms with E-state index in [0.29, 0.717) is 6.42 Å². The monoisotopic (exact) mass is 387 g/mol. The summed E-state index contributed by atoms with van der Waals surface area (Å²) in [6.45, 7) is 4.46.